The lowest BCUT2D eigenvalue weighted by atomic mass is 10.1. The van der Waals surface area contributed by atoms with Crippen LogP contribution in [0.5, 0.6) is 0 Å². The van der Waals surface area contributed by atoms with Crippen molar-refractivity contribution in [3.63, 3.8) is 0 Å². The molecule has 0 amide bonds. The van der Waals surface area contributed by atoms with Crippen molar-refractivity contribution in [1.82, 2.24) is 0 Å². The predicted octanol–water partition coefficient (Wildman–Crippen LogP) is 2.96. The van der Waals surface area contributed by atoms with Gasteiger partial charge in [0.1, 0.15) is 9.84 Å². The second-order valence-corrected chi connectivity index (χ2v) is 7.48. The molecular weight excluding hydrogens is 328 g/mol. The summed E-state index contributed by atoms with van der Waals surface area (Å²) >= 11 is 9.17. The number of rotatable bonds is 5. The van der Waals surface area contributed by atoms with Crippen molar-refractivity contribution in [2.45, 2.75) is 18.9 Å². The first kappa shape index (κ1) is 15.0. The normalized spacial score (nSPS) is 13.6. The van der Waals surface area contributed by atoms with Crippen LogP contribution in [0, 0.1) is 0 Å². The molecule has 0 aliphatic carbocycles. The van der Waals surface area contributed by atoms with E-state index in [0.717, 1.165) is 4.47 Å². The van der Waals surface area contributed by atoms with Crippen LogP contribution < -0.4 is 0 Å². The average molecular weight is 342 g/mol. The van der Waals surface area contributed by atoms with E-state index >= 15 is 0 Å². The van der Waals surface area contributed by atoms with E-state index in [-0.39, 0.29) is 5.75 Å². The minimum atomic E-state index is -2.96. The molecule has 0 saturated heterocycles. The molecule has 0 aliphatic heterocycles. The van der Waals surface area contributed by atoms with E-state index in [9.17, 15) is 13.5 Å². The summed E-state index contributed by atoms with van der Waals surface area (Å²) in [6.07, 6.45) is 1.36. The molecule has 0 aliphatic rings. The second kappa shape index (κ2) is 6.18. The predicted molar refractivity (Wildman–Crippen MR) is 73.1 cm³/mol. The molecule has 0 radical (unpaired) electrons. The SMILES string of the molecule is CS(=O)(=O)CCCC(O)c1ccc(Br)c(Cl)c1. The van der Waals surface area contributed by atoms with Gasteiger partial charge in [0.2, 0.25) is 0 Å². The zero-order valence-electron chi connectivity index (χ0n) is 9.36. The molecule has 0 heterocycles. The molecule has 1 atom stereocenters. The Labute approximate surface area is 115 Å². The van der Waals surface area contributed by atoms with Crippen LogP contribution in [0.1, 0.15) is 24.5 Å². The summed E-state index contributed by atoms with van der Waals surface area (Å²) in [7, 11) is -2.96. The Kier molecular flexibility index (Phi) is 5.44. The number of aliphatic hydroxyl groups is 1. The monoisotopic (exact) mass is 340 g/mol. The molecule has 1 unspecified atom stereocenters. The van der Waals surface area contributed by atoms with Crippen LogP contribution in [-0.4, -0.2) is 25.5 Å². The fourth-order valence-corrected chi connectivity index (χ4v) is 2.55. The van der Waals surface area contributed by atoms with Crippen LogP contribution in [0.4, 0.5) is 0 Å². The standard InChI is InChI=1S/C11H14BrClO3S/c1-17(15,16)6-2-3-11(14)8-4-5-9(12)10(13)7-8/h4-5,7,11,14H,2-3,6H2,1H3. The molecule has 1 aromatic rings. The Morgan fingerprint density at radius 2 is 2.12 bits per heavy atom. The largest absolute Gasteiger partial charge is 0.388 e. The zero-order valence-corrected chi connectivity index (χ0v) is 12.5. The lowest BCUT2D eigenvalue weighted by Gasteiger charge is -2.11. The van der Waals surface area contributed by atoms with Gasteiger partial charge in [0.15, 0.2) is 0 Å². The fraction of sp³-hybridized carbons (Fsp3) is 0.455. The maximum atomic E-state index is 10.9. The first-order valence-corrected chi connectivity index (χ1v) is 8.33. The summed E-state index contributed by atoms with van der Waals surface area (Å²) in [6.45, 7) is 0. The third-order valence-electron chi connectivity index (χ3n) is 2.32. The highest BCUT2D eigenvalue weighted by Gasteiger charge is 2.11. The highest BCUT2D eigenvalue weighted by molar-refractivity contribution is 9.10. The molecule has 0 bridgehead atoms. The minimum absolute atomic E-state index is 0.0916. The Balaban J connectivity index is 2.58. The highest BCUT2D eigenvalue weighted by Crippen LogP contribution is 2.27. The molecule has 3 nitrogen and oxygen atoms in total. The van der Waals surface area contributed by atoms with Gasteiger partial charge < -0.3 is 5.11 Å². The molecule has 1 N–H and O–H groups in total. The van der Waals surface area contributed by atoms with E-state index in [4.69, 9.17) is 11.6 Å². The lowest BCUT2D eigenvalue weighted by molar-refractivity contribution is 0.166. The summed E-state index contributed by atoms with van der Waals surface area (Å²) in [6, 6.07) is 5.20. The number of hydrogen-bond donors (Lipinski definition) is 1. The third-order valence-corrected chi connectivity index (χ3v) is 4.58. The van der Waals surface area contributed by atoms with Gasteiger partial charge in [-0.3, -0.25) is 0 Å². The summed E-state index contributed by atoms with van der Waals surface area (Å²) in [5.41, 5.74) is 0.701. The van der Waals surface area contributed by atoms with Crippen LogP contribution in [0.15, 0.2) is 22.7 Å². The van der Waals surface area contributed by atoms with E-state index in [0.29, 0.717) is 23.4 Å². The van der Waals surface area contributed by atoms with Crippen LogP contribution >= 0.6 is 27.5 Å². The van der Waals surface area contributed by atoms with Crippen molar-refractivity contribution < 1.29 is 13.5 Å². The molecule has 1 aromatic carbocycles. The molecular formula is C11H14BrClO3S. The molecule has 0 fully saturated rings. The number of sulfone groups is 1. The van der Waals surface area contributed by atoms with Gasteiger partial charge in [0.05, 0.1) is 11.1 Å². The summed E-state index contributed by atoms with van der Waals surface area (Å²) < 4.78 is 22.6. The Hall–Kier alpha value is -0.100. The maximum Gasteiger partial charge on any atom is 0.147 e. The van der Waals surface area contributed by atoms with E-state index < -0.39 is 15.9 Å². The van der Waals surface area contributed by atoms with Crippen LogP contribution in [0.3, 0.4) is 0 Å². The van der Waals surface area contributed by atoms with Gasteiger partial charge in [0, 0.05) is 16.5 Å². The molecule has 6 heteroatoms. The van der Waals surface area contributed by atoms with Crippen LogP contribution in [0.2, 0.25) is 5.02 Å². The summed E-state index contributed by atoms with van der Waals surface area (Å²) in [4.78, 5) is 0. The second-order valence-electron chi connectivity index (χ2n) is 3.96. The molecule has 17 heavy (non-hydrogen) atoms. The quantitative estimate of drug-likeness (QED) is 0.896. The molecule has 0 spiro atoms. The Morgan fingerprint density at radius 1 is 1.47 bits per heavy atom. The maximum absolute atomic E-state index is 10.9. The van der Waals surface area contributed by atoms with Crippen molar-refractivity contribution in [2.24, 2.45) is 0 Å². The third kappa shape index (κ3) is 5.38. The first-order valence-electron chi connectivity index (χ1n) is 5.10. The Morgan fingerprint density at radius 3 is 2.65 bits per heavy atom. The van der Waals surface area contributed by atoms with E-state index in [1.165, 1.54) is 6.26 Å². The van der Waals surface area contributed by atoms with Gasteiger partial charge in [-0.15, -0.1) is 0 Å². The lowest BCUT2D eigenvalue weighted by Crippen LogP contribution is -2.05. The molecule has 0 aromatic heterocycles. The highest BCUT2D eigenvalue weighted by atomic mass is 79.9. The van der Waals surface area contributed by atoms with Crippen molar-refractivity contribution in [3.05, 3.63) is 33.3 Å². The van der Waals surface area contributed by atoms with E-state index in [1.54, 1.807) is 18.2 Å². The number of hydrogen-bond acceptors (Lipinski definition) is 3. The minimum Gasteiger partial charge on any atom is -0.388 e. The van der Waals surface area contributed by atoms with Crippen molar-refractivity contribution in [3.8, 4) is 0 Å². The smallest absolute Gasteiger partial charge is 0.147 e. The first-order chi connectivity index (χ1) is 7.79. The molecule has 1 rings (SSSR count). The molecule has 0 saturated carbocycles. The van der Waals surface area contributed by atoms with E-state index in [1.807, 2.05) is 0 Å². The van der Waals surface area contributed by atoms with E-state index in [2.05, 4.69) is 15.9 Å². The van der Waals surface area contributed by atoms with Gasteiger partial charge in [-0.1, -0.05) is 17.7 Å². The van der Waals surface area contributed by atoms with Gasteiger partial charge in [-0.2, -0.15) is 0 Å². The van der Waals surface area contributed by atoms with Gasteiger partial charge >= 0.3 is 0 Å². The topological polar surface area (TPSA) is 54.4 Å². The van der Waals surface area contributed by atoms with Crippen LogP contribution in [-0.2, 0) is 9.84 Å². The Bertz CT molecular complexity index is 487. The van der Waals surface area contributed by atoms with Gasteiger partial charge in [0.25, 0.3) is 0 Å². The summed E-state index contributed by atoms with van der Waals surface area (Å²) in [5, 5.41) is 10.4. The number of aliphatic hydroxyl groups excluding tert-OH is 1. The van der Waals surface area contributed by atoms with Crippen LogP contribution in [0.25, 0.3) is 0 Å². The van der Waals surface area contributed by atoms with Gasteiger partial charge in [-0.05, 0) is 46.5 Å². The number of halogens is 2. The fourth-order valence-electron chi connectivity index (χ4n) is 1.43. The number of benzene rings is 1. The van der Waals surface area contributed by atoms with Gasteiger partial charge in [-0.25, -0.2) is 8.42 Å². The summed E-state index contributed by atoms with van der Waals surface area (Å²) in [5.74, 6) is 0.0916. The van der Waals surface area contributed by atoms with Crippen molar-refractivity contribution in [2.75, 3.05) is 12.0 Å². The average Bonchev–Trinajstić information content (AvgIpc) is 2.20. The zero-order chi connectivity index (χ0) is 13.1. The van der Waals surface area contributed by atoms with Crippen molar-refractivity contribution in [1.29, 1.82) is 0 Å². The molecule has 96 valence electrons. The van der Waals surface area contributed by atoms with Crippen molar-refractivity contribution >= 4 is 37.4 Å².